The summed E-state index contributed by atoms with van der Waals surface area (Å²) in [4.78, 5) is 36.0. The predicted molar refractivity (Wildman–Crippen MR) is 74.9 cm³/mol. The molecule has 0 saturated carbocycles. The van der Waals surface area contributed by atoms with Crippen LogP contribution in [0, 0.1) is 0 Å². The van der Waals surface area contributed by atoms with Crippen LogP contribution in [-0.2, 0) is 14.3 Å². The summed E-state index contributed by atoms with van der Waals surface area (Å²) in [6, 6.07) is 6.26. The number of imide groups is 1. The first-order valence-electron chi connectivity index (χ1n) is 6.34. The van der Waals surface area contributed by atoms with Crippen LogP contribution in [0.3, 0.4) is 0 Å². The van der Waals surface area contributed by atoms with Gasteiger partial charge >= 0.3 is 6.16 Å². The van der Waals surface area contributed by atoms with E-state index in [1.807, 2.05) is 0 Å². The van der Waals surface area contributed by atoms with Gasteiger partial charge in [0.2, 0.25) is 0 Å². The molecule has 0 aliphatic carbocycles. The number of amides is 2. The molecule has 0 atom stereocenters. The topological polar surface area (TPSA) is 72.9 Å². The summed E-state index contributed by atoms with van der Waals surface area (Å²) in [5.41, 5.74) is -0.504. The van der Waals surface area contributed by atoms with Crippen LogP contribution < -0.4 is 9.64 Å². The maximum atomic E-state index is 11.7. The summed E-state index contributed by atoms with van der Waals surface area (Å²) >= 11 is 0. The second kappa shape index (κ2) is 5.40. The molecule has 2 rings (SSSR count). The summed E-state index contributed by atoms with van der Waals surface area (Å²) < 4.78 is 10.1. The molecule has 110 valence electrons. The van der Waals surface area contributed by atoms with Crippen LogP contribution in [0.4, 0.5) is 10.5 Å². The van der Waals surface area contributed by atoms with Crippen LogP contribution in [-0.4, -0.2) is 23.6 Å². The Hall–Kier alpha value is -2.63. The minimum Gasteiger partial charge on any atom is -0.428 e. The number of hydrogen-bond donors (Lipinski definition) is 0. The monoisotopic (exact) mass is 289 g/mol. The first-order valence-corrected chi connectivity index (χ1v) is 6.34. The molecule has 0 radical (unpaired) electrons. The fraction of sp³-hybridized carbons (Fsp3) is 0.267. The van der Waals surface area contributed by atoms with Crippen LogP contribution in [0.15, 0.2) is 36.4 Å². The van der Waals surface area contributed by atoms with Gasteiger partial charge in [-0.3, -0.25) is 9.59 Å². The molecular weight excluding hydrogens is 274 g/mol. The summed E-state index contributed by atoms with van der Waals surface area (Å²) in [7, 11) is 0. The lowest BCUT2D eigenvalue weighted by molar-refractivity contribution is -0.120. The third-order valence-electron chi connectivity index (χ3n) is 2.50. The SMILES string of the molecule is CC(C)(C)OC(=O)Oc1ccccc1N1C(=O)C=CC1=O. The van der Waals surface area contributed by atoms with Crippen LogP contribution in [0.1, 0.15) is 20.8 Å². The van der Waals surface area contributed by atoms with Crippen LogP contribution >= 0.6 is 0 Å². The number of carbonyl (C=O) groups is 3. The second-order valence-electron chi connectivity index (χ2n) is 5.38. The zero-order chi connectivity index (χ0) is 15.6. The Morgan fingerprint density at radius 3 is 2.19 bits per heavy atom. The van der Waals surface area contributed by atoms with E-state index in [1.165, 1.54) is 12.1 Å². The molecule has 1 heterocycles. The van der Waals surface area contributed by atoms with Crippen LogP contribution in [0.2, 0.25) is 0 Å². The largest absolute Gasteiger partial charge is 0.514 e. The molecule has 1 aromatic rings. The fourth-order valence-electron chi connectivity index (χ4n) is 1.73. The molecule has 0 unspecified atom stereocenters. The van der Waals surface area contributed by atoms with Crippen molar-refractivity contribution in [2.24, 2.45) is 0 Å². The van der Waals surface area contributed by atoms with Crippen LogP contribution in [0.5, 0.6) is 5.75 Å². The third kappa shape index (κ3) is 3.47. The Morgan fingerprint density at radius 2 is 1.62 bits per heavy atom. The van der Waals surface area contributed by atoms with Gasteiger partial charge in [-0.05, 0) is 32.9 Å². The number of para-hydroxylation sites is 2. The van der Waals surface area contributed by atoms with Crippen molar-refractivity contribution in [1.82, 2.24) is 0 Å². The van der Waals surface area contributed by atoms with Crippen molar-refractivity contribution in [3.05, 3.63) is 36.4 Å². The van der Waals surface area contributed by atoms with Gasteiger partial charge in [0, 0.05) is 12.2 Å². The van der Waals surface area contributed by atoms with Crippen molar-refractivity contribution >= 4 is 23.7 Å². The van der Waals surface area contributed by atoms with Gasteiger partial charge in [0.15, 0.2) is 5.75 Å². The lowest BCUT2D eigenvalue weighted by Gasteiger charge is -2.21. The average molecular weight is 289 g/mol. The number of benzene rings is 1. The highest BCUT2D eigenvalue weighted by Crippen LogP contribution is 2.30. The summed E-state index contributed by atoms with van der Waals surface area (Å²) in [6.07, 6.45) is 1.42. The highest BCUT2D eigenvalue weighted by atomic mass is 16.7. The Bertz CT molecular complexity index is 609. The standard InChI is InChI=1S/C15H15NO5/c1-15(2,3)21-14(19)20-11-7-5-4-6-10(11)16-12(17)8-9-13(16)18/h4-9H,1-3H3. The molecule has 0 aromatic heterocycles. The predicted octanol–water partition coefficient (Wildman–Crippen LogP) is 2.43. The smallest absolute Gasteiger partial charge is 0.428 e. The number of ether oxygens (including phenoxy) is 2. The quantitative estimate of drug-likeness (QED) is 0.475. The van der Waals surface area contributed by atoms with E-state index in [0.717, 1.165) is 17.1 Å². The van der Waals surface area contributed by atoms with Crippen LogP contribution in [0.25, 0.3) is 0 Å². The van der Waals surface area contributed by atoms with E-state index < -0.39 is 23.6 Å². The first-order chi connectivity index (χ1) is 9.78. The van der Waals surface area contributed by atoms with E-state index in [1.54, 1.807) is 32.9 Å². The number of rotatable bonds is 2. The number of nitrogens with zero attached hydrogens (tertiary/aromatic N) is 1. The lowest BCUT2D eigenvalue weighted by Crippen LogP contribution is -2.31. The normalized spacial score (nSPS) is 14.5. The molecule has 6 heteroatoms. The molecule has 0 spiro atoms. The zero-order valence-electron chi connectivity index (χ0n) is 12.0. The maximum Gasteiger partial charge on any atom is 0.514 e. The van der Waals surface area contributed by atoms with Gasteiger partial charge in [0.25, 0.3) is 11.8 Å². The molecule has 1 aliphatic rings. The van der Waals surface area contributed by atoms with E-state index in [9.17, 15) is 14.4 Å². The number of anilines is 1. The second-order valence-corrected chi connectivity index (χ2v) is 5.38. The van der Waals surface area contributed by atoms with Crippen molar-refractivity contribution < 1.29 is 23.9 Å². The molecule has 6 nitrogen and oxygen atoms in total. The van der Waals surface area contributed by atoms with Gasteiger partial charge in [-0.25, -0.2) is 9.69 Å². The average Bonchev–Trinajstić information content (AvgIpc) is 2.68. The molecule has 1 aromatic carbocycles. The molecule has 1 aliphatic heterocycles. The number of hydrogen-bond acceptors (Lipinski definition) is 5. The molecule has 0 bridgehead atoms. The minimum atomic E-state index is -0.901. The van der Waals surface area contributed by atoms with Gasteiger partial charge in [0.1, 0.15) is 5.60 Å². The van der Waals surface area contributed by atoms with Crippen molar-refractivity contribution in [3.63, 3.8) is 0 Å². The van der Waals surface area contributed by atoms with Crippen molar-refractivity contribution in [2.45, 2.75) is 26.4 Å². The first kappa shape index (κ1) is 14.8. The Kier molecular flexibility index (Phi) is 3.80. The van der Waals surface area contributed by atoms with Gasteiger partial charge in [-0.2, -0.15) is 0 Å². The van der Waals surface area contributed by atoms with E-state index in [4.69, 9.17) is 9.47 Å². The Labute approximate surface area is 121 Å². The third-order valence-corrected chi connectivity index (χ3v) is 2.50. The van der Waals surface area contributed by atoms with Gasteiger partial charge in [0.05, 0.1) is 5.69 Å². The van der Waals surface area contributed by atoms with E-state index >= 15 is 0 Å². The fourth-order valence-corrected chi connectivity index (χ4v) is 1.73. The van der Waals surface area contributed by atoms with Gasteiger partial charge in [-0.15, -0.1) is 0 Å². The number of carbonyl (C=O) groups excluding carboxylic acids is 3. The zero-order valence-corrected chi connectivity index (χ0v) is 12.0. The molecule has 2 amide bonds. The van der Waals surface area contributed by atoms with Crippen molar-refractivity contribution in [1.29, 1.82) is 0 Å². The van der Waals surface area contributed by atoms with E-state index in [0.29, 0.717) is 0 Å². The highest BCUT2D eigenvalue weighted by Gasteiger charge is 2.29. The summed E-state index contributed by atoms with van der Waals surface area (Å²) in [5, 5.41) is 0. The molecule has 21 heavy (non-hydrogen) atoms. The van der Waals surface area contributed by atoms with E-state index in [-0.39, 0.29) is 11.4 Å². The van der Waals surface area contributed by atoms with Crippen molar-refractivity contribution in [2.75, 3.05) is 4.90 Å². The minimum absolute atomic E-state index is 0.0807. The van der Waals surface area contributed by atoms with Gasteiger partial charge < -0.3 is 9.47 Å². The molecule has 0 N–H and O–H groups in total. The molecule has 0 saturated heterocycles. The Balaban J connectivity index is 2.24. The van der Waals surface area contributed by atoms with Crippen molar-refractivity contribution in [3.8, 4) is 5.75 Å². The summed E-state index contributed by atoms with van der Waals surface area (Å²) in [5.74, 6) is -0.891. The molecule has 0 fully saturated rings. The maximum absolute atomic E-state index is 11.7. The lowest BCUT2D eigenvalue weighted by atomic mass is 10.2. The highest BCUT2D eigenvalue weighted by molar-refractivity contribution is 6.28. The van der Waals surface area contributed by atoms with Gasteiger partial charge in [-0.1, -0.05) is 12.1 Å². The summed E-state index contributed by atoms with van der Waals surface area (Å²) in [6.45, 7) is 5.12. The Morgan fingerprint density at radius 1 is 1.05 bits per heavy atom. The molecular formula is C15H15NO5. The van der Waals surface area contributed by atoms with E-state index in [2.05, 4.69) is 0 Å².